The van der Waals surface area contributed by atoms with Gasteiger partial charge in [0.2, 0.25) is 5.89 Å². The van der Waals surface area contributed by atoms with Gasteiger partial charge in [-0.3, -0.25) is 4.79 Å². The summed E-state index contributed by atoms with van der Waals surface area (Å²) in [5.41, 5.74) is 1.78. The quantitative estimate of drug-likeness (QED) is 0.902. The van der Waals surface area contributed by atoms with E-state index in [1.807, 2.05) is 45.0 Å². The molecule has 0 aliphatic carbocycles. The molecule has 0 aliphatic rings. The number of anilines is 1. The van der Waals surface area contributed by atoms with Gasteiger partial charge in [-0.1, -0.05) is 26.0 Å². The van der Waals surface area contributed by atoms with Gasteiger partial charge in [-0.25, -0.2) is 0 Å². The van der Waals surface area contributed by atoms with E-state index in [9.17, 15) is 4.79 Å². The van der Waals surface area contributed by atoms with Crippen LogP contribution in [-0.2, 0) is 0 Å². The Balaban J connectivity index is 2.12. The van der Waals surface area contributed by atoms with Crippen LogP contribution in [0.4, 0.5) is 5.69 Å². The van der Waals surface area contributed by atoms with E-state index in [0.717, 1.165) is 5.56 Å². The minimum absolute atomic E-state index is 0.0137. The number of hydrogen-bond donors (Lipinski definition) is 1. The molecule has 0 atom stereocenters. The van der Waals surface area contributed by atoms with Crippen LogP contribution in [0.1, 0.15) is 41.9 Å². The standard InChI is InChI=1S/C13H15N3O2/c1-8(2)12-15-16-13(18-12)11(17)14-10-6-4-5-9(3)7-10/h4-8H,1-3H3,(H,14,17). The molecule has 1 aromatic heterocycles. The van der Waals surface area contributed by atoms with Gasteiger partial charge in [0.15, 0.2) is 0 Å². The molecule has 0 saturated heterocycles. The highest BCUT2D eigenvalue weighted by Gasteiger charge is 2.16. The average molecular weight is 245 g/mol. The molecule has 18 heavy (non-hydrogen) atoms. The number of carbonyl (C=O) groups excluding carboxylic acids is 1. The first-order chi connectivity index (χ1) is 8.56. The summed E-state index contributed by atoms with van der Waals surface area (Å²) < 4.78 is 5.28. The average Bonchev–Trinajstić information content (AvgIpc) is 2.78. The van der Waals surface area contributed by atoms with Gasteiger partial charge in [-0.05, 0) is 24.6 Å². The van der Waals surface area contributed by atoms with Gasteiger partial charge in [-0.2, -0.15) is 0 Å². The van der Waals surface area contributed by atoms with Crippen molar-refractivity contribution in [2.24, 2.45) is 0 Å². The van der Waals surface area contributed by atoms with Gasteiger partial charge in [-0.15, -0.1) is 10.2 Å². The number of benzene rings is 1. The lowest BCUT2D eigenvalue weighted by atomic mass is 10.2. The Morgan fingerprint density at radius 2 is 2.11 bits per heavy atom. The SMILES string of the molecule is Cc1cccc(NC(=O)c2nnc(C(C)C)o2)c1. The summed E-state index contributed by atoms with van der Waals surface area (Å²) in [6, 6.07) is 7.51. The van der Waals surface area contributed by atoms with E-state index in [4.69, 9.17) is 4.42 Å². The zero-order chi connectivity index (χ0) is 13.1. The summed E-state index contributed by atoms with van der Waals surface area (Å²) in [6.45, 7) is 5.81. The highest BCUT2D eigenvalue weighted by Crippen LogP contribution is 2.14. The van der Waals surface area contributed by atoms with Crippen LogP contribution in [0, 0.1) is 6.92 Å². The van der Waals surface area contributed by atoms with Crippen LogP contribution in [0.25, 0.3) is 0 Å². The number of aromatic nitrogens is 2. The minimum Gasteiger partial charge on any atom is -0.417 e. The number of amides is 1. The van der Waals surface area contributed by atoms with Crippen LogP contribution in [0.5, 0.6) is 0 Å². The Hall–Kier alpha value is -2.17. The predicted molar refractivity (Wildman–Crippen MR) is 67.5 cm³/mol. The summed E-state index contributed by atoms with van der Waals surface area (Å²) in [4.78, 5) is 11.9. The third kappa shape index (κ3) is 2.74. The van der Waals surface area contributed by atoms with Crippen LogP contribution < -0.4 is 5.32 Å². The van der Waals surface area contributed by atoms with Crippen molar-refractivity contribution in [3.63, 3.8) is 0 Å². The summed E-state index contributed by atoms with van der Waals surface area (Å²) >= 11 is 0. The molecule has 1 aromatic carbocycles. The highest BCUT2D eigenvalue weighted by atomic mass is 16.4. The van der Waals surface area contributed by atoms with Crippen LogP contribution in [0.3, 0.4) is 0 Å². The van der Waals surface area contributed by atoms with Gasteiger partial charge in [0.25, 0.3) is 0 Å². The lowest BCUT2D eigenvalue weighted by molar-refractivity contribution is 0.0988. The molecule has 1 heterocycles. The van der Waals surface area contributed by atoms with Crippen molar-refractivity contribution >= 4 is 11.6 Å². The van der Waals surface area contributed by atoms with Crippen molar-refractivity contribution in [3.8, 4) is 0 Å². The lowest BCUT2D eigenvalue weighted by Crippen LogP contribution is -2.12. The first kappa shape index (κ1) is 12.3. The minimum atomic E-state index is -0.389. The topological polar surface area (TPSA) is 68.0 Å². The van der Waals surface area contributed by atoms with Crippen molar-refractivity contribution in [2.75, 3.05) is 5.32 Å². The van der Waals surface area contributed by atoms with Crippen molar-refractivity contribution in [1.82, 2.24) is 10.2 Å². The molecule has 0 saturated carbocycles. The van der Waals surface area contributed by atoms with Crippen LogP contribution in [-0.4, -0.2) is 16.1 Å². The van der Waals surface area contributed by atoms with Gasteiger partial charge >= 0.3 is 11.8 Å². The normalized spacial score (nSPS) is 10.7. The Morgan fingerprint density at radius 3 is 2.72 bits per heavy atom. The summed E-state index contributed by atoms with van der Waals surface area (Å²) in [7, 11) is 0. The fourth-order valence-electron chi connectivity index (χ4n) is 1.47. The Morgan fingerprint density at radius 1 is 1.33 bits per heavy atom. The molecule has 0 aliphatic heterocycles. The molecule has 0 radical (unpaired) electrons. The fourth-order valence-corrected chi connectivity index (χ4v) is 1.47. The van der Waals surface area contributed by atoms with Crippen molar-refractivity contribution < 1.29 is 9.21 Å². The molecule has 2 aromatic rings. The van der Waals surface area contributed by atoms with Gasteiger partial charge in [0, 0.05) is 11.6 Å². The number of rotatable bonds is 3. The van der Waals surface area contributed by atoms with E-state index in [-0.39, 0.29) is 17.7 Å². The molecule has 0 unspecified atom stereocenters. The van der Waals surface area contributed by atoms with E-state index in [1.165, 1.54) is 0 Å². The van der Waals surface area contributed by atoms with Crippen LogP contribution in [0.15, 0.2) is 28.7 Å². The third-order valence-corrected chi connectivity index (χ3v) is 2.40. The molecule has 0 bridgehead atoms. The molecular formula is C13H15N3O2. The monoisotopic (exact) mass is 245 g/mol. The maximum Gasteiger partial charge on any atom is 0.313 e. The van der Waals surface area contributed by atoms with Gasteiger partial charge in [0.05, 0.1) is 0 Å². The van der Waals surface area contributed by atoms with Crippen LogP contribution >= 0.6 is 0 Å². The molecule has 1 amide bonds. The number of carbonyl (C=O) groups is 1. The van der Waals surface area contributed by atoms with E-state index in [1.54, 1.807) is 0 Å². The second kappa shape index (κ2) is 5.00. The van der Waals surface area contributed by atoms with Crippen molar-refractivity contribution in [2.45, 2.75) is 26.7 Å². The lowest BCUT2D eigenvalue weighted by Gasteiger charge is -2.02. The van der Waals surface area contributed by atoms with E-state index in [0.29, 0.717) is 11.6 Å². The van der Waals surface area contributed by atoms with Gasteiger partial charge < -0.3 is 9.73 Å². The highest BCUT2D eigenvalue weighted by molar-refractivity contribution is 6.00. The second-order valence-electron chi connectivity index (χ2n) is 4.42. The predicted octanol–water partition coefficient (Wildman–Crippen LogP) is 2.75. The largest absolute Gasteiger partial charge is 0.417 e. The Kier molecular flexibility index (Phi) is 3.41. The second-order valence-corrected chi connectivity index (χ2v) is 4.42. The molecule has 0 fully saturated rings. The first-order valence-corrected chi connectivity index (χ1v) is 5.77. The Labute approximate surface area is 105 Å². The van der Waals surface area contributed by atoms with Crippen LogP contribution in [0.2, 0.25) is 0 Å². The maximum atomic E-state index is 11.9. The van der Waals surface area contributed by atoms with E-state index >= 15 is 0 Å². The van der Waals surface area contributed by atoms with E-state index in [2.05, 4.69) is 15.5 Å². The number of nitrogens with one attached hydrogen (secondary N) is 1. The molecule has 5 heteroatoms. The number of nitrogens with zero attached hydrogens (tertiary/aromatic N) is 2. The number of aryl methyl sites for hydroxylation is 1. The molecule has 2 rings (SSSR count). The zero-order valence-corrected chi connectivity index (χ0v) is 10.6. The molecule has 1 N–H and O–H groups in total. The first-order valence-electron chi connectivity index (χ1n) is 5.77. The molecule has 0 spiro atoms. The molecule has 5 nitrogen and oxygen atoms in total. The maximum absolute atomic E-state index is 11.9. The zero-order valence-electron chi connectivity index (χ0n) is 10.6. The summed E-state index contributed by atoms with van der Waals surface area (Å²) in [6.07, 6.45) is 0. The fraction of sp³-hybridized carbons (Fsp3) is 0.308. The van der Waals surface area contributed by atoms with Gasteiger partial charge in [0.1, 0.15) is 0 Å². The molecular weight excluding hydrogens is 230 g/mol. The summed E-state index contributed by atoms with van der Waals surface area (Å²) in [5.74, 6) is 0.169. The number of hydrogen-bond acceptors (Lipinski definition) is 4. The smallest absolute Gasteiger partial charge is 0.313 e. The van der Waals surface area contributed by atoms with Crippen molar-refractivity contribution in [3.05, 3.63) is 41.6 Å². The van der Waals surface area contributed by atoms with Crippen molar-refractivity contribution in [1.29, 1.82) is 0 Å². The van der Waals surface area contributed by atoms with E-state index < -0.39 is 0 Å². The molecule has 94 valence electrons. The third-order valence-electron chi connectivity index (χ3n) is 2.40. The Bertz CT molecular complexity index is 561. The summed E-state index contributed by atoms with van der Waals surface area (Å²) in [5, 5.41) is 10.3.